The van der Waals surface area contributed by atoms with E-state index in [-0.39, 0.29) is 32.3 Å². The van der Waals surface area contributed by atoms with E-state index in [1.54, 1.807) is 18.2 Å². The summed E-state index contributed by atoms with van der Waals surface area (Å²) in [6.45, 7) is 2.95. The highest BCUT2D eigenvalue weighted by molar-refractivity contribution is 5.92. The Kier molecular flexibility index (Phi) is 12.4. The summed E-state index contributed by atoms with van der Waals surface area (Å²) >= 11 is 0. The van der Waals surface area contributed by atoms with E-state index in [2.05, 4.69) is 16.6 Å². The number of carbonyl (C=O) groups is 2. The second-order valence-electron chi connectivity index (χ2n) is 4.88. The van der Waals surface area contributed by atoms with Crippen LogP contribution in [0.4, 0.5) is 10.5 Å². The molecule has 0 atom stereocenters. The van der Waals surface area contributed by atoms with Gasteiger partial charge < -0.3 is 31.9 Å². The highest BCUT2D eigenvalue weighted by Gasteiger charge is 2.05. The molecule has 0 aromatic heterocycles. The van der Waals surface area contributed by atoms with Gasteiger partial charge in [-0.1, -0.05) is 18.9 Å². The lowest BCUT2D eigenvalue weighted by Gasteiger charge is -2.10. The van der Waals surface area contributed by atoms with Crippen LogP contribution in [0.5, 0.6) is 0 Å². The molecule has 8 heteroatoms. The van der Waals surface area contributed by atoms with Crippen molar-refractivity contribution in [2.45, 2.75) is 26.6 Å². The van der Waals surface area contributed by atoms with Crippen LogP contribution in [0.1, 0.15) is 24.5 Å². The molecule has 0 aliphatic heterocycles. The van der Waals surface area contributed by atoms with Gasteiger partial charge in [-0.05, 0) is 29.7 Å². The lowest BCUT2D eigenvalue weighted by Crippen LogP contribution is -2.29. The second kappa shape index (κ2) is 13.8. The van der Waals surface area contributed by atoms with E-state index < -0.39 is 6.03 Å². The molecule has 0 unspecified atom stereocenters. The molecule has 0 fully saturated rings. The first kappa shape index (κ1) is 22.4. The van der Waals surface area contributed by atoms with Gasteiger partial charge in [-0.3, -0.25) is 4.79 Å². The first-order valence-electron chi connectivity index (χ1n) is 7.75. The van der Waals surface area contributed by atoms with Gasteiger partial charge in [-0.2, -0.15) is 0 Å². The van der Waals surface area contributed by atoms with Crippen LogP contribution in [-0.2, 0) is 22.7 Å². The monoisotopic (exact) mass is 350 g/mol. The first-order valence-corrected chi connectivity index (χ1v) is 7.75. The van der Waals surface area contributed by atoms with E-state index in [1.807, 2.05) is 6.92 Å². The molecule has 1 aromatic rings. The minimum absolute atomic E-state index is 0.0787. The van der Waals surface area contributed by atoms with E-state index in [4.69, 9.17) is 22.6 Å². The molecule has 3 amide bonds. The maximum atomic E-state index is 11.2. The molecule has 0 bridgehead atoms. The van der Waals surface area contributed by atoms with Gasteiger partial charge in [0.1, 0.15) is 6.61 Å². The number of aliphatic hydroxyl groups excluding tert-OH is 1. The van der Waals surface area contributed by atoms with Gasteiger partial charge >= 0.3 is 6.03 Å². The number of anilines is 1. The standard InChI is InChI=1S/C13H16N2O3.C4H10N2O/c1-2-5-18-9-11-6-12(15-13(17)7-14)4-3-10(11)8-16;1-2-3-6-4(5)7/h1,3-4,6,16H,5,7-9,14H2,(H,15,17);2-3H2,1H3,(H3,5,6,7). The van der Waals surface area contributed by atoms with E-state index >= 15 is 0 Å². The molecule has 8 nitrogen and oxygen atoms in total. The Balaban J connectivity index is 0.000000697. The number of benzene rings is 1. The number of terminal acetylenes is 1. The molecule has 7 N–H and O–H groups in total. The van der Waals surface area contributed by atoms with Crippen molar-refractivity contribution in [2.24, 2.45) is 11.5 Å². The predicted octanol–water partition coefficient (Wildman–Crippen LogP) is 0.291. The predicted molar refractivity (Wildman–Crippen MR) is 96.4 cm³/mol. The van der Waals surface area contributed by atoms with Gasteiger partial charge in [0.15, 0.2) is 0 Å². The van der Waals surface area contributed by atoms with Crippen molar-refractivity contribution in [1.29, 1.82) is 0 Å². The van der Waals surface area contributed by atoms with Gasteiger partial charge in [0.2, 0.25) is 5.91 Å². The number of amides is 3. The highest BCUT2D eigenvalue weighted by atomic mass is 16.5. The number of carbonyl (C=O) groups excluding carboxylic acids is 2. The molecule has 0 radical (unpaired) electrons. The molecule has 0 heterocycles. The van der Waals surface area contributed by atoms with Crippen LogP contribution in [0.25, 0.3) is 0 Å². The van der Waals surface area contributed by atoms with Crippen LogP contribution >= 0.6 is 0 Å². The number of aliphatic hydroxyl groups is 1. The lowest BCUT2D eigenvalue weighted by atomic mass is 10.1. The molecule has 0 aliphatic carbocycles. The quantitative estimate of drug-likeness (QED) is 0.339. The Labute approximate surface area is 147 Å². The van der Waals surface area contributed by atoms with Gasteiger partial charge in [0, 0.05) is 12.2 Å². The Morgan fingerprint density at radius 2 is 2.08 bits per heavy atom. The van der Waals surface area contributed by atoms with Gasteiger partial charge in [-0.25, -0.2) is 4.79 Å². The summed E-state index contributed by atoms with van der Waals surface area (Å²) in [5.41, 5.74) is 12.1. The summed E-state index contributed by atoms with van der Waals surface area (Å²) in [5.74, 6) is 2.08. The van der Waals surface area contributed by atoms with Crippen molar-refractivity contribution in [3.8, 4) is 12.3 Å². The average molecular weight is 350 g/mol. The van der Waals surface area contributed by atoms with Gasteiger partial charge in [0.25, 0.3) is 0 Å². The van der Waals surface area contributed by atoms with Gasteiger partial charge in [0.05, 0.1) is 19.8 Å². The Bertz CT molecular complexity index is 585. The molecule has 0 aliphatic rings. The third-order valence-corrected chi connectivity index (χ3v) is 2.84. The van der Waals surface area contributed by atoms with Crippen molar-refractivity contribution >= 4 is 17.6 Å². The normalized spacial score (nSPS) is 9.36. The smallest absolute Gasteiger partial charge is 0.312 e. The number of nitrogens with two attached hydrogens (primary N) is 2. The van der Waals surface area contributed by atoms with Crippen LogP contribution in [-0.4, -0.2) is 36.7 Å². The van der Waals surface area contributed by atoms with Crippen LogP contribution < -0.4 is 22.1 Å². The van der Waals surface area contributed by atoms with Crippen molar-refractivity contribution in [1.82, 2.24) is 5.32 Å². The molecule has 138 valence electrons. The van der Waals surface area contributed by atoms with E-state index in [0.29, 0.717) is 12.2 Å². The number of rotatable bonds is 8. The molecule has 25 heavy (non-hydrogen) atoms. The Hall–Kier alpha value is -2.60. The number of nitrogens with one attached hydrogen (secondary N) is 2. The first-order chi connectivity index (χ1) is 12.0. The average Bonchev–Trinajstić information content (AvgIpc) is 2.60. The molecule has 1 rings (SSSR count). The summed E-state index contributed by atoms with van der Waals surface area (Å²) in [4.78, 5) is 21.0. The minimum Gasteiger partial charge on any atom is -0.392 e. The number of urea groups is 1. The number of ether oxygens (including phenoxy) is 1. The van der Waals surface area contributed by atoms with E-state index in [1.165, 1.54) is 0 Å². The summed E-state index contributed by atoms with van der Waals surface area (Å²) in [6.07, 6.45) is 6.02. The maximum Gasteiger partial charge on any atom is 0.312 e. The third kappa shape index (κ3) is 10.7. The largest absolute Gasteiger partial charge is 0.392 e. The van der Waals surface area contributed by atoms with Crippen LogP contribution in [0.2, 0.25) is 0 Å². The zero-order valence-corrected chi connectivity index (χ0v) is 14.4. The fourth-order valence-electron chi connectivity index (χ4n) is 1.67. The zero-order valence-electron chi connectivity index (χ0n) is 14.4. The summed E-state index contributed by atoms with van der Waals surface area (Å²) in [7, 11) is 0. The number of hydrogen-bond donors (Lipinski definition) is 5. The molecular weight excluding hydrogens is 324 g/mol. The van der Waals surface area contributed by atoms with Crippen molar-refractivity contribution in [3.63, 3.8) is 0 Å². The SMILES string of the molecule is C#CCOCc1cc(NC(=O)CN)ccc1CO.CCCNC(N)=O. The van der Waals surface area contributed by atoms with Crippen molar-refractivity contribution in [2.75, 3.05) is 25.0 Å². The summed E-state index contributed by atoms with van der Waals surface area (Å²) in [6, 6.07) is 4.71. The number of primary amides is 1. The van der Waals surface area contributed by atoms with Crippen molar-refractivity contribution < 1.29 is 19.4 Å². The van der Waals surface area contributed by atoms with Gasteiger partial charge in [-0.15, -0.1) is 6.42 Å². The maximum absolute atomic E-state index is 11.2. The molecule has 0 saturated heterocycles. The molecule has 0 saturated carbocycles. The topological polar surface area (TPSA) is 140 Å². The highest BCUT2D eigenvalue weighted by Crippen LogP contribution is 2.17. The molecule has 0 spiro atoms. The van der Waals surface area contributed by atoms with Crippen LogP contribution in [0, 0.1) is 12.3 Å². The van der Waals surface area contributed by atoms with Crippen LogP contribution in [0.3, 0.4) is 0 Å². The molecular formula is C17H26N4O4. The fourth-order valence-corrected chi connectivity index (χ4v) is 1.67. The zero-order chi connectivity index (χ0) is 19.1. The molecule has 1 aromatic carbocycles. The summed E-state index contributed by atoms with van der Waals surface area (Å²) < 4.78 is 5.21. The van der Waals surface area contributed by atoms with E-state index in [9.17, 15) is 14.7 Å². The van der Waals surface area contributed by atoms with Crippen LogP contribution in [0.15, 0.2) is 18.2 Å². The lowest BCUT2D eigenvalue weighted by molar-refractivity contribution is -0.114. The van der Waals surface area contributed by atoms with E-state index in [0.717, 1.165) is 17.5 Å². The minimum atomic E-state index is -0.443. The third-order valence-electron chi connectivity index (χ3n) is 2.84. The Morgan fingerprint density at radius 1 is 1.36 bits per heavy atom. The fraction of sp³-hybridized carbons (Fsp3) is 0.412. The number of hydrogen-bond acceptors (Lipinski definition) is 5. The Morgan fingerprint density at radius 3 is 2.56 bits per heavy atom. The second-order valence-corrected chi connectivity index (χ2v) is 4.88. The van der Waals surface area contributed by atoms with Crippen molar-refractivity contribution in [3.05, 3.63) is 29.3 Å². The summed E-state index contributed by atoms with van der Waals surface area (Å²) in [5, 5.41) is 14.3.